The summed E-state index contributed by atoms with van der Waals surface area (Å²) in [4.78, 5) is 30.2. The van der Waals surface area contributed by atoms with Gasteiger partial charge in [-0.2, -0.15) is 5.26 Å². The highest BCUT2D eigenvalue weighted by molar-refractivity contribution is 5.97. The van der Waals surface area contributed by atoms with Crippen molar-refractivity contribution >= 4 is 11.8 Å². The molecule has 2 aromatic carbocycles. The van der Waals surface area contributed by atoms with Crippen molar-refractivity contribution in [1.29, 1.82) is 5.26 Å². The van der Waals surface area contributed by atoms with Gasteiger partial charge in [-0.15, -0.1) is 0 Å². The third-order valence-corrected chi connectivity index (χ3v) is 7.36. The molecule has 0 saturated carbocycles. The summed E-state index contributed by atoms with van der Waals surface area (Å²) < 4.78 is 18.1. The summed E-state index contributed by atoms with van der Waals surface area (Å²) in [7, 11) is 5.19. The molecule has 196 valence electrons. The highest BCUT2D eigenvalue weighted by Crippen LogP contribution is 2.30. The molecule has 1 saturated heterocycles. The van der Waals surface area contributed by atoms with Crippen LogP contribution in [0, 0.1) is 11.3 Å². The predicted octanol–water partition coefficient (Wildman–Crippen LogP) is 3.61. The fourth-order valence-corrected chi connectivity index (χ4v) is 5.14. The van der Waals surface area contributed by atoms with Gasteiger partial charge in [0.25, 0.3) is 5.91 Å². The molecule has 8 heteroatoms. The molecule has 0 N–H and O–H groups in total. The van der Waals surface area contributed by atoms with Crippen LogP contribution in [0.4, 0.5) is 0 Å². The van der Waals surface area contributed by atoms with Crippen molar-refractivity contribution in [3.63, 3.8) is 0 Å². The number of rotatable bonds is 2. The Balaban J connectivity index is 1.70. The number of carbonyl (C=O) groups excluding carboxylic acids is 2. The molecule has 2 bridgehead atoms. The molecule has 4 rings (SSSR count). The van der Waals surface area contributed by atoms with Crippen LogP contribution in [0.3, 0.4) is 0 Å². The van der Waals surface area contributed by atoms with Crippen LogP contribution >= 0.6 is 0 Å². The third-order valence-electron chi connectivity index (χ3n) is 7.36. The van der Waals surface area contributed by atoms with Crippen molar-refractivity contribution in [1.82, 2.24) is 9.80 Å². The maximum atomic E-state index is 13.6. The quantitative estimate of drug-likeness (QED) is 0.619. The number of fused-ring (bicyclic) bond motifs is 3. The van der Waals surface area contributed by atoms with Crippen LogP contribution in [-0.2, 0) is 14.3 Å². The summed E-state index contributed by atoms with van der Waals surface area (Å²) in [5.74, 6) is -0.174. The Kier molecular flexibility index (Phi) is 8.80. The van der Waals surface area contributed by atoms with E-state index in [1.807, 2.05) is 37.4 Å². The van der Waals surface area contributed by atoms with Gasteiger partial charge in [0.1, 0.15) is 24.5 Å². The Hall–Kier alpha value is -3.41. The minimum Gasteiger partial charge on any atom is -0.489 e. The lowest BCUT2D eigenvalue weighted by molar-refractivity contribution is -0.145. The fraction of sp³-hybridized carbons (Fsp3) is 0.483. The van der Waals surface area contributed by atoms with E-state index >= 15 is 0 Å². The molecule has 2 aromatic rings. The van der Waals surface area contributed by atoms with Gasteiger partial charge < -0.3 is 24.0 Å². The summed E-state index contributed by atoms with van der Waals surface area (Å²) in [6.07, 6.45) is 2.07. The summed E-state index contributed by atoms with van der Waals surface area (Å²) >= 11 is 0. The molecule has 8 nitrogen and oxygen atoms in total. The number of methoxy groups -OCH3 is 1. The van der Waals surface area contributed by atoms with E-state index < -0.39 is 0 Å². The topological polar surface area (TPSA) is 92.1 Å². The SMILES string of the molecule is CO[C@H]1CC[C@H]2CCN(C)C(=O)C[C@@H](c3ccccc3)CN(C)C(=O)c3cccc(C#N)c3OC[C@@H]1O2. The number of nitriles is 1. The molecule has 0 unspecified atom stereocenters. The van der Waals surface area contributed by atoms with Gasteiger partial charge in [0, 0.05) is 46.6 Å². The Morgan fingerprint density at radius 2 is 1.78 bits per heavy atom. The Morgan fingerprint density at radius 3 is 2.51 bits per heavy atom. The maximum absolute atomic E-state index is 13.6. The molecule has 2 amide bonds. The van der Waals surface area contributed by atoms with E-state index in [-0.39, 0.29) is 60.4 Å². The zero-order valence-electron chi connectivity index (χ0n) is 21.8. The molecule has 0 spiro atoms. The standard InChI is InChI=1S/C29H35N3O5/c1-31-15-14-23-12-13-25(35-3)26(37-23)19-36-28-21(17-30)10-7-11-24(28)29(34)32(2)18-22(16-27(31)33)20-8-5-4-6-9-20/h4-11,22-23,25-26H,12-16,18-19H2,1-3H3/t22-,23+,25+,26+/m1/s1. The van der Waals surface area contributed by atoms with Gasteiger partial charge in [-0.25, -0.2) is 0 Å². The van der Waals surface area contributed by atoms with E-state index in [4.69, 9.17) is 14.2 Å². The Bertz CT molecular complexity index is 1130. The van der Waals surface area contributed by atoms with Crippen LogP contribution in [0.1, 0.15) is 53.1 Å². The van der Waals surface area contributed by atoms with E-state index in [1.54, 1.807) is 42.2 Å². The van der Waals surface area contributed by atoms with Crippen molar-refractivity contribution in [3.8, 4) is 11.8 Å². The highest BCUT2D eigenvalue weighted by Gasteiger charge is 2.33. The number of nitrogens with zero attached hydrogens (tertiary/aromatic N) is 3. The number of para-hydroxylation sites is 1. The van der Waals surface area contributed by atoms with Gasteiger partial charge >= 0.3 is 0 Å². The summed E-state index contributed by atoms with van der Waals surface area (Å²) in [5, 5.41) is 9.75. The van der Waals surface area contributed by atoms with E-state index in [9.17, 15) is 14.9 Å². The van der Waals surface area contributed by atoms with Crippen molar-refractivity contribution in [2.45, 2.75) is 49.9 Å². The Labute approximate surface area is 218 Å². The van der Waals surface area contributed by atoms with Crippen molar-refractivity contribution in [3.05, 3.63) is 65.2 Å². The molecular weight excluding hydrogens is 470 g/mol. The lowest BCUT2D eigenvalue weighted by Crippen LogP contribution is -2.45. The Morgan fingerprint density at radius 1 is 1.00 bits per heavy atom. The maximum Gasteiger partial charge on any atom is 0.257 e. The van der Waals surface area contributed by atoms with Gasteiger partial charge in [0.2, 0.25) is 5.91 Å². The van der Waals surface area contributed by atoms with Gasteiger partial charge in [-0.05, 0) is 37.0 Å². The normalized spacial score (nSPS) is 25.7. The van der Waals surface area contributed by atoms with Gasteiger partial charge in [-0.3, -0.25) is 9.59 Å². The molecular formula is C29H35N3O5. The number of benzene rings is 2. The van der Waals surface area contributed by atoms with Crippen molar-refractivity contribution < 1.29 is 23.8 Å². The average Bonchev–Trinajstić information content (AvgIpc) is 2.93. The van der Waals surface area contributed by atoms with E-state index in [0.29, 0.717) is 25.1 Å². The lowest BCUT2D eigenvalue weighted by Gasteiger charge is -2.36. The number of ether oxygens (including phenoxy) is 3. The van der Waals surface area contributed by atoms with E-state index in [2.05, 4.69) is 6.07 Å². The molecule has 1 fully saturated rings. The zero-order valence-corrected chi connectivity index (χ0v) is 21.8. The van der Waals surface area contributed by atoms with Crippen LogP contribution in [0.25, 0.3) is 0 Å². The first-order chi connectivity index (χ1) is 17.9. The number of hydrogen-bond acceptors (Lipinski definition) is 6. The highest BCUT2D eigenvalue weighted by atomic mass is 16.6. The lowest BCUT2D eigenvalue weighted by atomic mass is 9.94. The molecule has 37 heavy (non-hydrogen) atoms. The molecule has 4 atom stereocenters. The minimum atomic E-state index is -0.354. The molecule has 0 radical (unpaired) electrons. The smallest absolute Gasteiger partial charge is 0.257 e. The van der Waals surface area contributed by atoms with Crippen LogP contribution in [0.15, 0.2) is 48.5 Å². The van der Waals surface area contributed by atoms with Crippen LogP contribution in [0.2, 0.25) is 0 Å². The fourth-order valence-electron chi connectivity index (χ4n) is 5.14. The van der Waals surface area contributed by atoms with Crippen LogP contribution in [-0.4, -0.2) is 80.8 Å². The predicted molar refractivity (Wildman–Crippen MR) is 138 cm³/mol. The second kappa shape index (κ2) is 12.2. The minimum absolute atomic E-state index is 0.0272. The second-order valence-corrected chi connectivity index (χ2v) is 9.85. The van der Waals surface area contributed by atoms with Gasteiger partial charge in [0.15, 0.2) is 0 Å². The summed E-state index contributed by atoms with van der Waals surface area (Å²) in [6, 6.07) is 16.9. The first-order valence-electron chi connectivity index (χ1n) is 12.8. The molecule has 0 aliphatic carbocycles. The van der Waals surface area contributed by atoms with E-state index in [1.165, 1.54) is 0 Å². The van der Waals surface area contributed by atoms with E-state index in [0.717, 1.165) is 18.4 Å². The largest absolute Gasteiger partial charge is 0.489 e. The van der Waals surface area contributed by atoms with Gasteiger partial charge in [-0.1, -0.05) is 36.4 Å². The number of likely N-dealkylation sites (N-methyl/N-ethyl adjacent to an activating group) is 1. The zero-order chi connectivity index (χ0) is 26.4. The van der Waals surface area contributed by atoms with Crippen molar-refractivity contribution in [2.75, 3.05) is 40.9 Å². The first kappa shape index (κ1) is 26.6. The van der Waals surface area contributed by atoms with Crippen molar-refractivity contribution in [2.24, 2.45) is 0 Å². The van der Waals surface area contributed by atoms with Crippen LogP contribution < -0.4 is 4.74 Å². The molecule has 0 aromatic heterocycles. The second-order valence-electron chi connectivity index (χ2n) is 9.85. The summed E-state index contributed by atoms with van der Waals surface area (Å²) in [6.45, 7) is 1.07. The monoisotopic (exact) mass is 505 g/mol. The molecule has 2 aliphatic heterocycles. The molecule has 2 aliphatic rings. The van der Waals surface area contributed by atoms with Crippen LogP contribution in [0.5, 0.6) is 5.75 Å². The number of amides is 2. The molecule has 2 heterocycles. The third kappa shape index (κ3) is 6.30. The number of carbonyl (C=O) groups is 2. The first-order valence-corrected chi connectivity index (χ1v) is 12.8. The van der Waals surface area contributed by atoms with Gasteiger partial charge in [0.05, 0.1) is 23.3 Å². The average molecular weight is 506 g/mol. The summed E-state index contributed by atoms with van der Waals surface area (Å²) in [5.41, 5.74) is 1.60. The number of hydrogen-bond donors (Lipinski definition) is 0.